The second kappa shape index (κ2) is 9.21. The summed E-state index contributed by atoms with van der Waals surface area (Å²) in [5.74, 6) is 0.678. The van der Waals surface area contributed by atoms with Crippen molar-refractivity contribution >= 4 is 17.3 Å². The van der Waals surface area contributed by atoms with Crippen molar-refractivity contribution in [1.82, 2.24) is 14.5 Å². The number of para-hydroxylation sites is 1. The predicted molar refractivity (Wildman–Crippen MR) is 129 cm³/mol. The molecule has 1 fully saturated rings. The number of carboxylic acid groups (broad SMARTS) is 1. The molecule has 0 amide bonds. The number of aliphatic carboxylic acids is 1. The van der Waals surface area contributed by atoms with Gasteiger partial charge in [-0.15, -0.1) is 11.3 Å². The third kappa shape index (κ3) is 4.69. The molecule has 3 heterocycles. The van der Waals surface area contributed by atoms with Crippen molar-refractivity contribution in [2.75, 3.05) is 13.1 Å². The molecular weight excluding hydrogens is 434 g/mol. The van der Waals surface area contributed by atoms with Crippen molar-refractivity contribution in [3.05, 3.63) is 83.6 Å². The van der Waals surface area contributed by atoms with Crippen LogP contribution in [-0.4, -0.2) is 38.6 Å². The molecule has 0 unspecified atom stereocenters. The number of benzene rings is 2. The number of aromatic nitrogens is 2. The van der Waals surface area contributed by atoms with Crippen LogP contribution < -0.4 is 4.74 Å². The van der Waals surface area contributed by atoms with Crippen molar-refractivity contribution in [3.8, 4) is 27.8 Å². The third-order valence-corrected chi connectivity index (χ3v) is 7.03. The second-order valence-electron chi connectivity index (χ2n) is 8.23. The van der Waals surface area contributed by atoms with Gasteiger partial charge in [0.2, 0.25) is 0 Å². The zero-order chi connectivity index (χ0) is 22.8. The largest absolute Gasteiger partial charge is 0.481 e. The van der Waals surface area contributed by atoms with E-state index in [4.69, 9.17) is 9.84 Å². The number of thiophene rings is 1. The Morgan fingerprint density at radius 3 is 2.55 bits per heavy atom. The monoisotopic (exact) mass is 459 g/mol. The highest BCUT2D eigenvalue weighted by atomic mass is 32.1. The highest BCUT2D eigenvalue weighted by molar-refractivity contribution is 7.14. The van der Waals surface area contributed by atoms with E-state index in [0.29, 0.717) is 13.1 Å². The summed E-state index contributed by atoms with van der Waals surface area (Å²) in [5.41, 5.74) is 3.22. The lowest BCUT2D eigenvalue weighted by atomic mass is 10.0. The van der Waals surface area contributed by atoms with Crippen molar-refractivity contribution in [1.29, 1.82) is 0 Å². The second-order valence-corrected chi connectivity index (χ2v) is 9.35. The van der Waals surface area contributed by atoms with Crippen molar-refractivity contribution in [3.63, 3.8) is 0 Å². The minimum Gasteiger partial charge on any atom is -0.481 e. The SMILES string of the molecule is CCc1cc(CN2CC(C(=O)O)C2)sc1-n1cnc(-c2ccc(Oc3ccccc3)cc2)c1. The molecule has 2 aromatic heterocycles. The molecule has 7 heteroatoms. The summed E-state index contributed by atoms with van der Waals surface area (Å²) >= 11 is 1.75. The van der Waals surface area contributed by atoms with Gasteiger partial charge in [-0.2, -0.15) is 0 Å². The highest BCUT2D eigenvalue weighted by Crippen LogP contribution is 2.31. The zero-order valence-corrected chi connectivity index (χ0v) is 19.2. The Morgan fingerprint density at radius 2 is 1.85 bits per heavy atom. The van der Waals surface area contributed by atoms with E-state index in [0.717, 1.165) is 35.7 Å². The van der Waals surface area contributed by atoms with E-state index in [9.17, 15) is 4.79 Å². The number of hydrogen-bond acceptors (Lipinski definition) is 5. The van der Waals surface area contributed by atoms with E-state index < -0.39 is 5.97 Å². The molecule has 33 heavy (non-hydrogen) atoms. The number of hydrogen-bond donors (Lipinski definition) is 1. The van der Waals surface area contributed by atoms with E-state index in [1.807, 2.05) is 60.9 Å². The molecule has 1 N–H and O–H groups in total. The van der Waals surface area contributed by atoms with Gasteiger partial charge in [0.25, 0.3) is 0 Å². The number of ether oxygens (including phenoxy) is 1. The minimum atomic E-state index is -0.696. The summed E-state index contributed by atoms with van der Waals surface area (Å²) in [6.45, 7) is 4.21. The van der Waals surface area contributed by atoms with Crippen LogP contribution >= 0.6 is 11.3 Å². The lowest BCUT2D eigenvalue weighted by Crippen LogP contribution is -2.49. The number of rotatable bonds is 8. The van der Waals surface area contributed by atoms with Gasteiger partial charge in [-0.1, -0.05) is 25.1 Å². The fourth-order valence-corrected chi connectivity index (χ4v) is 5.24. The molecule has 0 aliphatic carbocycles. The van der Waals surface area contributed by atoms with Crippen LogP contribution in [-0.2, 0) is 17.8 Å². The maximum Gasteiger partial charge on any atom is 0.309 e. The highest BCUT2D eigenvalue weighted by Gasteiger charge is 2.32. The van der Waals surface area contributed by atoms with Gasteiger partial charge in [-0.3, -0.25) is 14.3 Å². The van der Waals surface area contributed by atoms with Gasteiger partial charge in [-0.25, -0.2) is 4.98 Å². The first kappa shape index (κ1) is 21.4. The maximum absolute atomic E-state index is 11.0. The quantitative estimate of drug-likeness (QED) is 0.378. The summed E-state index contributed by atoms with van der Waals surface area (Å²) in [6.07, 6.45) is 4.86. The number of carboxylic acids is 1. The van der Waals surface area contributed by atoms with Crippen molar-refractivity contribution in [2.45, 2.75) is 19.9 Å². The first-order valence-corrected chi connectivity index (χ1v) is 11.8. The molecule has 0 saturated carbocycles. The summed E-state index contributed by atoms with van der Waals surface area (Å²) in [7, 11) is 0. The smallest absolute Gasteiger partial charge is 0.309 e. The predicted octanol–water partition coefficient (Wildman–Crippen LogP) is 5.47. The minimum absolute atomic E-state index is 0.226. The van der Waals surface area contributed by atoms with Gasteiger partial charge >= 0.3 is 5.97 Å². The van der Waals surface area contributed by atoms with Crippen LogP contribution in [0.2, 0.25) is 0 Å². The lowest BCUT2D eigenvalue weighted by molar-refractivity contribution is -0.147. The zero-order valence-electron chi connectivity index (χ0n) is 18.3. The van der Waals surface area contributed by atoms with Crippen LogP contribution in [0.4, 0.5) is 0 Å². The molecule has 168 valence electrons. The number of aryl methyl sites for hydroxylation is 1. The molecule has 5 rings (SSSR count). The molecule has 0 spiro atoms. The molecule has 4 aromatic rings. The molecule has 0 radical (unpaired) electrons. The summed E-state index contributed by atoms with van der Waals surface area (Å²) < 4.78 is 7.97. The van der Waals surface area contributed by atoms with E-state index >= 15 is 0 Å². The standard InChI is InChI=1S/C26H25N3O3S/c1-2-18-12-23(15-28-13-20(14-28)26(30)31)33-25(18)29-16-24(27-17-29)19-8-10-22(11-9-19)32-21-6-4-3-5-7-21/h3-12,16-17,20H,2,13-15H2,1H3,(H,30,31). The van der Waals surface area contributed by atoms with Gasteiger partial charge in [-0.05, 0) is 54.4 Å². The number of nitrogens with zero attached hydrogens (tertiary/aromatic N) is 3. The molecule has 0 bridgehead atoms. The first-order chi connectivity index (χ1) is 16.1. The van der Waals surface area contributed by atoms with Crippen molar-refractivity contribution < 1.29 is 14.6 Å². The van der Waals surface area contributed by atoms with Crippen molar-refractivity contribution in [2.24, 2.45) is 5.92 Å². The summed E-state index contributed by atoms with van der Waals surface area (Å²) in [6, 6.07) is 19.9. The van der Waals surface area contributed by atoms with Gasteiger partial charge in [0.05, 0.1) is 11.6 Å². The van der Waals surface area contributed by atoms with E-state index in [-0.39, 0.29) is 5.92 Å². The Hall–Kier alpha value is -3.42. The maximum atomic E-state index is 11.0. The third-order valence-electron chi connectivity index (χ3n) is 5.85. The Morgan fingerprint density at radius 1 is 1.12 bits per heavy atom. The van der Waals surface area contributed by atoms with Crippen LogP contribution in [0.25, 0.3) is 16.3 Å². The molecule has 1 saturated heterocycles. The fraction of sp³-hybridized carbons (Fsp3) is 0.231. The van der Waals surface area contributed by atoms with Gasteiger partial charge in [0.1, 0.15) is 22.8 Å². The van der Waals surface area contributed by atoms with Crippen LogP contribution in [0, 0.1) is 5.92 Å². The van der Waals surface area contributed by atoms with Crippen LogP contribution in [0.1, 0.15) is 17.4 Å². The molecule has 1 aliphatic rings. The van der Waals surface area contributed by atoms with Crippen LogP contribution in [0.5, 0.6) is 11.5 Å². The Labute approximate surface area is 196 Å². The first-order valence-electron chi connectivity index (χ1n) is 11.0. The Balaban J connectivity index is 1.29. The number of imidazole rings is 1. The lowest BCUT2D eigenvalue weighted by Gasteiger charge is -2.36. The van der Waals surface area contributed by atoms with Crippen LogP contribution in [0.3, 0.4) is 0 Å². The molecule has 6 nitrogen and oxygen atoms in total. The molecule has 1 aliphatic heterocycles. The van der Waals surface area contributed by atoms with Gasteiger partial charge in [0.15, 0.2) is 0 Å². The number of likely N-dealkylation sites (tertiary alicyclic amines) is 1. The normalized spacial score (nSPS) is 14.2. The topological polar surface area (TPSA) is 67.6 Å². The van der Waals surface area contributed by atoms with Gasteiger partial charge in [0, 0.05) is 36.3 Å². The Bertz CT molecular complexity index is 1240. The van der Waals surface area contributed by atoms with Gasteiger partial charge < -0.3 is 9.84 Å². The summed E-state index contributed by atoms with van der Waals surface area (Å²) in [4.78, 5) is 19.1. The molecule has 2 aromatic carbocycles. The van der Waals surface area contributed by atoms with E-state index in [1.54, 1.807) is 11.3 Å². The summed E-state index contributed by atoms with van der Waals surface area (Å²) in [5, 5.41) is 10.3. The molecule has 0 atom stereocenters. The fourth-order valence-electron chi connectivity index (χ4n) is 4.00. The Kier molecular flexibility index (Phi) is 5.98. The number of carbonyl (C=O) groups is 1. The average molecular weight is 460 g/mol. The van der Waals surface area contributed by atoms with E-state index in [2.05, 4.69) is 33.6 Å². The molecular formula is C26H25N3O3S. The average Bonchev–Trinajstić information content (AvgIpc) is 3.44. The van der Waals surface area contributed by atoms with E-state index in [1.165, 1.54) is 15.4 Å². The van der Waals surface area contributed by atoms with Crippen LogP contribution in [0.15, 0.2) is 73.2 Å².